The molecule has 44 heavy (non-hydrogen) atoms. The van der Waals surface area contributed by atoms with Gasteiger partial charge in [0, 0.05) is 49.5 Å². The number of nitrogens with zero attached hydrogens (tertiary/aromatic N) is 2. The van der Waals surface area contributed by atoms with E-state index in [1.54, 1.807) is 11.8 Å². The van der Waals surface area contributed by atoms with Crippen LogP contribution < -0.4 is 16.9 Å². The third-order valence-electron chi connectivity index (χ3n) is 9.74. The van der Waals surface area contributed by atoms with Crippen molar-refractivity contribution in [2.75, 3.05) is 6.54 Å². The minimum atomic E-state index is -3.02. The Balaban J connectivity index is 2.42. The number of alkyl halides is 2. The average molecular weight is 632 g/mol. The van der Waals surface area contributed by atoms with Gasteiger partial charge in [0.2, 0.25) is 5.92 Å². The van der Waals surface area contributed by atoms with Gasteiger partial charge in [-0.1, -0.05) is 57.6 Å². The number of rotatable bonds is 18. The van der Waals surface area contributed by atoms with E-state index in [1.807, 2.05) is 30.9 Å². The SMILES string of the molecule is C=C(NOC(O)(CCC1=CC=CCC1)N(CC(C)N(C(C)N)C(N)C(C)C(O)(O)O)C(C)C(C)CC)C1CCC(F)(F)CC1. The Labute approximate surface area is 262 Å². The lowest BCUT2D eigenvalue weighted by atomic mass is 9.85. The molecule has 2 aliphatic carbocycles. The Hall–Kier alpha value is -1.48. The summed E-state index contributed by atoms with van der Waals surface area (Å²) < 4.78 is 27.6. The molecule has 0 amide bonds. The molecule has 0 heterocycles. The van der Waals surface area contributed by atoms with Gasteiger partial charge >= 0.3 is 0 Å². The van der Waals surface area contributed by atoms with Crippen LogP contribution in [0.2, 0.25) is 0 Å². The fraction of sp³-hybridized carbons (Fsp3) is 0.812. The molecule has 0 bridgehead atoms. The van der Waals surface area contributed by atoms with Crippen molar-refractivity contribution in [2.24, 2.45) is 29.2 Å². The Morgan fingerprint density at radius 2 is 1.75 bits per heavy atom. The van der Waals surface area contributed by atoms with Gasteiger partial charge in [0.1, 0.15) is 0 Å². The molecule has 10 nitrogen and oxygen atoms in total. The molecule has 0 aromatic carbocycles. The van der Waals surface area contributed by atoms with Gasteiger partial charge in [0.25, 0.3) is 11.9 Å². The van der Waals surface area contributed by atoms with Crippen LogP contribution in [0, 0.1) is 17.8 Å². The standard InChI is InChI=1S/C32H59F2N5O5/c1-8-21(2)25(6)38(20-22(3)39(26(7)35)29(36)23(4)32(41,42)43)31(40,19-14-27-12-10-9-11-13-27)44-37-24(5)28-15-17-30(33,34)18-16-28/h9-10,12,21-23,25-26,28-29,37,40-43H,5,8,11,13-20,35-36H2,1-4,6-7H3. The largest absolute Gasteiger partial charge is 0.352 e. The zero-order valence-electron chi connectivity index (χ0n) is 27.6. The van der Waals surface area contributed by atoms with Gasteiger partial charge in [-0.15, -0.1) is 0 Å². The second-order valence-electron chi connectivity index (χ2n) is 13.2. The van der Waals surface area contributed by atoms with Crippen LogP contribution in [0.25, 0.3) is 0 Å². The Morgan fingerprint density at radius 3 is 2.25 bits per heavy atom. The Kier molecular flexibility index (Phi) is 14.4. The quantitative estimate of drug-likeness (QED) is 0.0875. The van der Waals surface area contributed by atoms with Gasteiger partial charge in [-0.05, 0) is 58.8 Å². The maximum atomic E-state index is 13.8. The number of hydrogen-bond acceptors (Lipinski definition) is 10. The van der Waals surface area contributed by atoms with Crippen LogP contribution in [-0.2, 0) is 4.84 Å². The van der Waals surface area contributed by atoms with E-state index in [1.165, 1.54) is 12.5 Å². The summed E-state index contributed by atoms with van der Waals surface area (Å²) in [5, 5.41) is 42.0. The molecular formula is C32H59F2N5O5. The summed E-state index contributed by atoms with van der Waals surface area (Å²) in [6, 6.07) is -0.649. The molecule has 0 saturated heterocycles. The molecule has 7 atom stereocenters. The molecule has 1 fully saturated rings. The molecule has 7 unspecified atom stereocenters. The summed E-state index contributed by atoms with van der Waals surface area (Å²) in [6.07, 6.45) is 7.94. The van der Waals surface area contributed by atoms with Crippen molar-refractivity contribution in [3.05, 3.63) is 36.1 Å². The summed E-state index contributed by atoms with van der Waals surface area (Å²) in [4.78, 5) is 9.69. The Morgan fingerprint density at radius 1 is 1.14 bits per heavy atom. The van der Waals surface area contributed by atoms with E-state index in [0.717, 1.165) is 19.3 Å². The topological polar surface area (TPSA) is 161 Å². The molecule has 2 rings (SSSR count). The molecule has 0 spiro atoms. The molecule has 0 aliphatic heterocycles. The van der Waals surface area contributed by atoms with Crippen molar-refractivity contribution in [1.82, 2.24) is 15.3 Å². The molecular weight excluding hydrogens is 572 g/mol. The van der Waals surface area contributed by atoms with Crippen LogP contribution in [0.3, 0.4) is 0 Å². The van der Waals surface area contributed by atoms with Crippen LogP contribution in [0.4, 0.5) is 8.78 Å². The van der Waals surface area contributed by atoms with Crippen molar-refractivity contribution in [3.63, 3.8) is 0 Å². The molecule has 256 valence electrons. The molecule has 1 saturated carbocycles. The smallest absolute Gasteiger partial charge is 0.280 e. The number of nitrogens with two attached hydrogens (primary N) is 2. The highest BCUT2D eigenvalue weighted by atomic mass is 19.3. The predicted octanol–water partition coefficient (Wildman–Crippen LogP) is 3.83. The van der Waals surface area contributed by atoms with Gasteiger partial charge in [0.05, 0.1) is 18.2 Å². The van der Waals surface area contributed by atoms with E-state index < -0.39 is 42.1 Å². The summed E-state index contributed by atoms with van der Waals surface area (Å²) >= 11 is 0. The maximum Gasteiger partial charge on any atom is 0.280 e. The lowest BCUT2D eigenvalue weighted by Gasteiger charge is -2.48. The first-order valence-corrected chi connectivity index (χ1v) is 16.1. The number of aliphatic hydroxyl groups is 4. The van der Waals surface area contributed by atoms with E-state index in [4.69, 9.17) is 16.3 Å². The fourth-order valence-corrected chi connectivity index (χ4v) is 6.17. The minimum Gasteiger partial charge on any atom is -0.352 e. The third-order valence-corrected chi connectivity index (χ3v) is 9.74. The van der Waals surface area contributed by atoms with Crippen molar-refractivity contribution in [3.8, 4) is 0 Å². The van der Waals surface area contributed by atoms with Gasteiger partial charge in [0.15, 0.2) is 0 Å². The number of halogens is 2. The first-order valence-electron chi connectivity index (χ1n) is 16.1. The van der Waals surface area contributed by atoms with Crippen LogP contribution >= 0.6 is 0 Å². The lowest BCUT2D eigenvalue weighted by molar-refractivity contribution is -0.349. The highest BCUT2D eigenvalue weighted by Gasteiger charge is 2.45. The van der Waals surface area contributed by atoms with Crippen molar-refractivity contribution >= 4 is 0 Å². The van der Waals surface area contributed by atoms with Crippen LogP contribution in [0.15, 0.2) is 36.1 Å². The number of hydrogen-bond donors (Lipinski definition) is 7. The van der Waals surface area contributed by atoms with Crippen LogP contribution in [0.1, 0.15) is 99.3 Å². The molecule has 0 radical (unpaired) electrons. The van der Waals surface area contributed by atoms with E-state index in [2.05, 4.69) is 32.0 Å². The van der Waals surface area contributed by atoms with Crippen molar-refractivity contribution in [1.29, 1.82) is 0 Å². The summed E-state index contributed by atoms with van der Waals surface area (Å²) in [6.45, 7) is 15.4. The number of hydroxylamine groups is 1. The van der Waals surface area contributed by atoms with Gasteiger partial charge in [-0.2, -0.15) is 0 Å². The first kappa shape index (κ1) is 38.7. The van der Waals surface area contributed by atoms with E-state index in [0.29, 0.717) is 12.1 Å². The first-order chi connectivity index (χ1) is 20.3. The molecule has 2 aliphatic rings. The second-order valence-corrected chi connectivity index (χ2v) is 13.2. The number of nitrogens with one attached hydrogen (secondary N) is 1. The minimum absolute atomic E-state index is 0.134. The van der Waals surface area contributed by atoms with E-state index in [9.17, 15) is 29.2 Å². The Bertz CT molecular complexity index is 965. The maximum absolute atomic E-state index is 13.8. The van der Waals surface area contributed by atoms with E-state index in [-0.39, 0.29) is 56.5 Å². The lowest BCUT2D eigenvalue weighted by Crippen LogP contribution is -2.66. The molecule has 12 heteroatoms. The zero-order chi connectivity index (χ0) is 33.5. The normalized spacial score (nSPS) is 23.4. The highest BCUT2D eigenvalue weighted by Crippen LogP contribution is 2.39. The van der Waals surface area contributed by atoms with Crippen molar-refractivity contribution in [2.45, 2.75) is 142 Å². The molecule has 0 aromatic heterocycles. The monoisotopic (exact) mass is 631 g/mol. The van der Waals surface area contributed by atoms with E-state index >= 15 is 0 Å². The second kappa shape index (κ2) is 16.4. The summed E-state index contributed by atoms with van der Waals surface area (Å²) in [7, 11) is 0. The fourth-order valence-electron chi connectivity index (χ4n) is 6.17. The van der Waals surface area contributed by atoms with Gasteiger partial charge in [-0.25, -0.2) is 18.5 Å². The average Bonchev–Trinajstić information content (AvgIpc) is 2.96. The summed E-state index contributed by atoms with van der Waals surface area (Å²) in [5.41, 5.74) is 17.2. The van der Waals surface area contributed by atoms with Crippen LogP contribution in [0.5, 0.6) is 0 Å². The number of allylic oxidation sites excluding steroid dienone is 5. The van der Waals surface area contributed by atoms with Gasteiger partial charge < -0.3 is 31.9 Å². The molecule has 0 aromatic rings. The van der Waals surface area contributed by atoms with Crippen molar-refractivity contribution < 1.29 is 34.0 Å². The molecule has 9 N–H and O–H groups in total. The predicted molar refractivity (Wildman–Crippen MR) is 168 cm³/mol. The highest BCUT2D eigenvalue weighted by molar-refractivity contribution is 5.17. The summed E-state index contributed by atoms with van der Waals surface area (Å²) in [5.74, 6) is -8.80. The zero-order valence-corrected chi connectivity index (χ0v) is 27.6. The van der Waals surface area contributed by atoms with Crippen LogP contribution in [-0.4, -0.2) is 79.0 Å². The third kappa shape index (κ3) is 10.8. The van der Waals surface area contributed by atoms with Gasteiger partial charge in [-0.3, -0.25) is 10.4 Å².